The second-order valence-electron chi connectivity index (χ2n) is 17.9. The van der Waals surface area contributed by atoms with Crippen LogP contribution in [-0.4, -0.2) is 19.6 Å². The third-order valence-corrected chi connectivity index (χ3v) is 11.9. The molecule has 8 rings (SSSR count). The Labute approximate surface area is 350 Å². The largest absolute Gasteiger partial charge is 0.507 e. The van der Waals surface area contributed by atoms with E-state index in [1.54, 1.807) is 0 Å². The Balaban J connectivity index is 1.41. The summed E-state index contributed by atoms with van der Waals surface area (Å²) in [5.74, 6) is 1.40. The molecule has 0 aliphatic carbocycles. The number of nitrogens with zero attached hydrogens (tertiary/aromatic N) is 3. The lowest BCUT2D eigenvalue weighted by Gasteiger charge is -2.22. The molecule has 0 aliphatic heterocycles. The monoisotopic (exact) mass is 773 g/mol. The standard InChI is InChI=1S/C55H55N3O/c1-33(2)41-29-47(34(3)4)53(59)49(30-41)54-57-52-46(17-14-18-51(52)58(54)45-25-36(6)37(7)48(32-45)39-15-12-11-13-16-39)42-26-43(28-44(27-42)55(8,9)10)50-31-40(23-24-56-50)38-21-19-35(5)20-22-38/h11-34,59H,1-10H3. The van der Waals surface area contributed by atoms with Gasteiger partial charge in [0.25, 0.3) is 0 Å². The molecule has 0 aliphatic rings. The summed E-state index contributed by atoms with van der Waals surface area (Å²) in [6.07, 6.45) is 1.92. The second-order valence-corrected chi connectivity index (χ2v) is 17.9. The van der Waals surface area contributed by atoms with Crippen molar-refractivity contribution < 1.29 is 5.11 Å². The first-order valence-corrected chi connectivity index (χ1v) is 20.9. The minimum absolute atomic E-state index is 0.124. The first-order valence-electron chi connectivity index (χ1n) is 20.9. The molecule has 2 aromatic heterocycles. The fourth-order valence-corrected chi connectivity index (χ4v) is 8.16. The highest BCUT2D eigenvalue weighted by molar-refractivity contribution is 5.97. The number of aromatic hydroxyl groups is 1. The van der Waals surface area contributed by atoms with Gasteiger partial charge in [0.05, 0.1) is 22.3 Å². The fourth-order valence-electron chi connectivity index (χ4n) is 8.16. The molecule has 0 radical (unpaired) electrons. The van der Waals surface area contributed by atoms with Crippen molar-refractivity contribution in [1.82, 2.24) is 14.5 Å². The number of pyridine rings is 1. The van der Waals surface area contributed by atoms with Gasteiger partial charge >= 0.3 is 0 Å². The summed E-state index contributed by atoms with van der Waals surface area (Å²) in [5.41, 5.74) is 19.2. The predicted octanol–water partition coefficient (Wildman–Crippen LogP) is 14.9. The molecule has 0 spiro atoms. The van der Waals surface area contributed by atoms with Gasteiger partial charge in [-0.1, -0.05) is 133 Å². The van der Waals surface area contributed by atoms with Crippen molar-refractivity contribution in [3.63, 3.8) is 0 Å². The Morgan fingerprint density at radius 2 is 1.32 bits per heavy atom. The van der Waals surface area contributed by atoms with E-state index in [0.29, 0.717) is 0 Å². The van der Waals surface area contributed by atoms with Crippen LogP contribution in [-0.2, 0) is 5.41 Å². The van der Waals surface area contributed by atoms with Crippen molar-refractivity contribution in [2.24, 2.45) is 0 Å². The summed E-state index contributed by atoms with van der Waals surface area (Å²) in [5, 5.41) is 12.2. The van der Waals surface area contributed by atoms with Crippen LogP contribution < -0.4 is 0 Å². The average molecular weight is 774 g/mol. The van der Waals surface area contributed by atoms with Crippen molar-refractivity contribution >= 4 is 11.0 Å². The maximum atomic E-state index is 12.2. The van der Waals surface area contributed by atoms with Crippen LogP contribution in [0.4, 0.5) is 0 Å². The van der Waals surface area contributed by atoms with E-state index in [4.69, 9.17) is 9.97 Å². The van der Waals surface area contributed by atoms with Crippen LogP contribution in [0.2, 0.25) is 0 Å². The van der Waals surface area contributed by atoms with Crippen molar-refractivity contribution in [3.8, 4) is 67.5 Å². The number of hydrogen-bond acceptors (Lipinski definition) is 3. The first kappa shape index (κ1) is 39.6. The zero-order valence-corrected chi connectivity index (χ0v) is 36.1. The quantitative estimate of drug-likeness (QED) is 0.167. The lowest BCUT2D eigenvalue weighted by molar-refractivity contribution is 0.466. The van der Waals surface area contributed by atoms with Gasteiger partial charge in [-0.3, -0.25) is 9.55 Å². The van der Waals surface area contributed by atoms with Gasteiger partial charge in [0, 0.05) is 23.0 Å². The predicted molar refractivity (Wildman–Crippen MR) is 249 cm³/mol. The zero-order valence-electron chi connectivity index (χ0n) is 36.1. The van der Waals surface area contributed by atoms with Crippen molar-refractivity contribution in [2.45, 2.75) is 86.5 Å². The summed E-state index contributed by atoms with van der Waals surface area (Å²) < 4.78 is 2.27. The lowest BCUT2D eigenvalue weighted by atomic mass is 9.83. The molecule has 0 unspecified atom stereocenters. The van der Waals surface area contributed by atoms with Gasteiger partial charge < -0.3 is 5.11 Å². The Bertz CT molecular complexity index is 2840. The summed E-state index contributed by atoms with van der Waals surface area (Å²) in [6.45, 7) is 22.0. The molecule has 4 nitrogen and oxygen atoms in total. The smallest absolute Gasteiger partial charge is 0.149 e. The normalized spacial score (nSPS) is 11.9. The lowest BCUT2D eigenvalue weighted by Crippen LogP contribution is -2.11. The highest BCUT2D eigenvalue weighted by Crippen LogP contribution is 2.44. The van der Waals surface area contributed by atoms with Gasteiger partial charge in [0.15, 0.2) is 0 Å². The number of para-hydroxylation sites is 1. The van der Waals surface area contributed by atoms with Crippen LogP contribution >= 0.6 is 0 Å². The molecule has 1 N–H and O–H groups in total. The van der Waals surface area contributed by atoms with Crippen LogP contribution in [0.15, 0.2) is 134 Å². The van der Waals surface area contributed by atoms with E-state index in [1.807, 2.05) is 6.20 Å². The molecular weight excluding hydrogens is 719 g/mol. The van der Waals surface area contributed by atoms with Crippen LogP contribution in [0.5, 0.6) is 5.75 Å². The molecule has 2 heterocycles. The maximum Gasteiger partial charge on any atom is 0.149 e. The molecular formula is C55H55N3O. The van der Waals surface area contributed by atoms with Crippen molar-refractivity contribution in [3.05, 3.63) is 167 Å². The van der Waals surface area contributed by atoms with E-state index in [-0.39, 0.29) is 23.0 Å². The minimum atomic E-state index is -0.124. The van der Waals surface area contributed by atoms with Gasteiger partial charge in [-0.15, -0.1) is 0 Å². The molecule has 4 heteroatoms. The number of hydrogen-bond donors (Lipinski definition) is 1. The number of fused-ring (bicyclic) bond motifs is 1. The Morgan fingerprint density at radius 3 is 2.02 bits per heavy atom. The van der Waals surface area contributed by atoms with E-state index < -0.39 is 0 Å². The molecule has 6 aromatic carbocycles. The number of phenols is 1. The molecule has 296 valence electrons. The van der Waals surface area contributed by atoms with Crippen molar-refractivity contribution in [2.75, 3.05) is 0 Å². The number of benzene rings is 6. The molecule has 8 aromatic rings. The number of rotatable bonds is 8. The van der Waals surface area contributed by atoms with Gasteiger partial charge in [0.2, 0.25) is 0 Å². The Kier molecular flexibility index (Phi) is 10.4. The minimum Gasteiger partial charge on any atom is -0.507 e. The molecule has 0 atom stereocenters. The highest BCUT2D eigenvalue weighted by Gasteiger charge is 2.25. The summed E-state index contributed by atoms with van der Waals surface area (Å²) in [6, 6.07) is 45.8. The fraction of sp³-hybridized carbons (Fsp3) is 0.236. The van der Waals surface area contributed by atoms with Crippen LogP contribution in [0.3, 0.4) is 0 Å². The van der Waals surface area contributed by atoms with Gasteiger partial charge in [-0.2, -0.15) is 0 Å². The molecule has 0 saturated heterocycles. The number of imidazole rings is 1. The average Bonchev–Trinajstić information content (AvgIpc) is 3.61. The third kappa shape index (κ3) is 7.60. The number of aryl methyl sites for hydroxylation is 2. The van der Waals surface area contributed by atoms with Crippen LogP contribution in [0, 0.1) is 20.8 Å². The van der Waals surface area contributed by atoms with Gasteiger partial charge in [0.1, 0.15) is 11.6 Å². The van der Waals surface area contributed by atoms with E-state index in [2.05, 4.69) is 201 Å². The van der Waals surface area contributed by atoms with Crippen LogP contribution in [0.25, 0.3) is 72.7 Å². The topological polar surface area (TPSA) is 50.9 Å². The molecule has 0 saturated carbocycles. The molecule has 0 bridgehead atoms. The van der Waals surface area contributed by atoms with E-state index >= 15 is 0 Å². The maximum absolute atomic E-state index is 12.2. The molecule has 0 fully saturated rings. The number of phenolic OH excluding ortho intramolecular Hbond substituents is 1. The molecule has 0 amide bonds. The van der Waals surface area contributed by atoms with Gasteiger partial charge in [-0.25, -0.2) is 4.98 Å². The Morgan fingerprint density at radius 1 is 0.593 bits per heavy atom. The summed E-state index contributed by atoms with van der Waals surface area (Å²) in [4.78, 5) is 10.5. The highest BCUT2D eigenvalue weighted by atomic mass is 16.3. The first-order chi connectivity index (χ1) is 28.2. The zero-order chi connectivity index (χ0) is 41.7. The number of aromatic nitrogens is 3. The SMILES string of the molecule is Cc1ccc(-c2ccnc(-c3cc(-c4cccc5c4nc(-c4cc(C(C)C)cc(C(C)C)c4O)n5-c4cc(C)c(C)c(-c5ccccc5)c4)cc(C(C)(C)C)c3)c2)cc1. The van der Waals surface area contributed by atoms with Crippen molar-refractivity contribution in [1.29, 1.82) is 0 Å². The van der Waals surface area contributed by atoms with Crippen LogP contribution in [0.1, 0.15) is 93.7 Å². The second kappa shape index (κ2) is 15.5. The summed E-state index contributed by atoms with van der Waals surface area (Å²) >= 11 is 0. The van der Waals surface area contributed by atoms with E-state index in [9.17, 15) is 5.11 Å². The molecule has 59 heavy (non-hydrogen) atoms. The third-order valence-electron chi connectivity index (χ3n) is 11.9. The van der Waals surface area contributed by atoms with E-state index in [0.717, 1.165) is 61.6 Å². The Hall–Kier alpha value is -6.26. The van der Waals surface area contributed by atoms with Gasteiger partial charge in [-0.05, 0) is 142 Å². The summed E-state index contributed by atoms with van der Waals surface area (Å²) in [7, 11) is 0. The van der Waals surface area contributed by atoms with E-state index in [1.165, 1.54) is 44.5 Å².